The Kier molecular flexibility index (Phi) is 7.87. The van der Waals surface area contributed by atoms with Crippen molar-refractivity contribution in [3.05, 3.63) is 77.6 Å². The molecule has 1 amide bonds. The van der Waals surface area contributed by atoms with E-state index in [2.05, 4.69) is 4.98 Å². The summed E-state index contributed by atoms with van der Waals surface area (Å²) in [4.78, 5) is 19.2. The Hall–Kier alpha value is -3.17. The van der Waals surface area contributed by atoms with Gasteiger partial charge in [0.25, 0.3) is 5.91 Å². The van der Waals surface area contributed by atoms with Crippen molar-refractivity contribution in [2.24, 2.45) is 0 Å². The molecule has 0 N–H and O–H groups in total. The zero-order valence-electron chi connectivity index (χ0n) is 20.1. The molecule has 0 aliphatic carbocycles. The lowest BCUT2D eigenvalue weighted by atomic mass is 10.2. The van der Waals surface area contributed by atoms with Gasteiger partial charge in [-0.2, -0.15) is 0 Å². The van der Waals surface area contributed by atoms with Crippen LogP contribution in [-0.2, 0) is 33.4 Å². The smallest absolute Gasteiger partial charge is 0.254 e. The molecule has 9 heteroatoms. The molecule has 1 fully saturated rings. The second kappa shape index (κ2) is 11.0. The highest BCUT2D eigenvalue weighted by molar-refractivity contribution is 7.90. The van der Waals surface area contributed by atoms with Crippen molar-refractivity contribution in [3.8, 4) is 5.75 Å². The number of hydrogen-bond donors (Lipinski definition) is 0. The lowest BCUT2D eigenvalue weighted by molar-refractivity contribution is 0.0741. The molecule has 35 heavy (non-hydrogen) atoms. The summed E-state index contributed by atoms with van der Waals surface area (Å²) in [6.07, 6.45) is 3.29. The Bertz CT molecular complexity index is 1230. The fraction of sp³-hybridized carbons (Fsp3) is 0.385. The fourth-order valence-electron chi connectivity index (χ4n) is 4.25. The van der Waals surface area contributed by atoms with Gasteiger partial charge in [-0.15, -0.1) is 0 Å². The Balaban J connectivity index is 1.62. The number of sulfone groups is 1. The molecular formula is C26H31N3O5S. The van der Waals surface area contributed by atoms with Gasteiger partial charge in [0.1, 0.15) is 5.75 Å². The molecule has 4 rings (SSSR count). The van der Waals surface area contributed by atoms with Crippen LogP contribution in [0.2, 0.25) is 0 Å². The minimum atomic E-state index is -3.71. The highest BCUT2D eigenvalue weighted by Crippen LogP contribution is 2.23. The Morgan fingerprint density at radius 3 is 2.54 bits per heavy atom. The van der Waals surface area contributed by atoms with E-state index in [-0.39, 0.29) is 29.5 Å². The molecular weight excluding hydrogens is 466 g/mol. The van der Waals surface area contributed by atoms with Gasteiger partial charge in [-0.3, -0.25) is 4.79 Å². The maximum Gasteiger partial charge on any atom is 0.254 e. The highest BCUT2D eigenvalue weighted by atomic mass is 32.2. The first-order valence-corrected chi connectivity index (χ1v) is 13.4. The average Bonchev–Trinajstić information content (AvgIpc) is 3.53. The number of rotatable bonds is 10. The van der Waals surface area contributed by atoms with Crippen LogP contribution in [0.4, 0.5) is 0 Å². The van der Waals surface area contributed by atoms with E-state index in [0.717, 1.165) is 12.8 Å². The molecule has 1 atom stereocenters. The number of benzene rings is 2. The third-order valence-corrected chi connectivity index (χ3v) is 7.74. The summed E-state index contributed by atoms with van der Waals surface area (Å²) in [5, 5.41) is 0.0137. The SMILES string of the molecule is CCN(Cc1cnc(S(=O)(=O)Cc2ccccc2)n1C[C@H]1CCCO1)C(=O)c1ccc(OC)cc1. The monoisotopic (exact) mass is 497 g/mol. The van der Waals surface area contributed by atoms with E-state index < -0.39 is 9.84 Å². The van der Waals surface area contributed by atoms with E-state index in [1.807, 2.05) is 25.1 Å². The van der Waals surface area contributed by atoms with E-state index in [4.69, 9.17) is 9.47 Å². The van der Waals surface area contributed by atoms with Gasteiger partial charge in [0.2, 0.25) is 15.0 Å². The molecule has 0 saturated carbocycles. The van der Waals surface area contributed by atoms with Crippen molar-refractivity contribution < 1.29 is 22.7 Å². The van der Waals surface area contributed by atoms with Crippen LogP contribution in [0, 0.1) is 0 Å². The van der Waals surface area contributed by atoms with Crippen LogP contribution in [0.5, 0.6) is 5.75 Å². The zero-order valence-corrected chi connectivity index (χ0v) is 20.9. The molecule has 0 unspecified atom stereocenters. The van der Waals surface area contributed by atoms with E-state index in [1.54, 1.807) is 59.2 Å². The highest BCUT2D eigenvalue weighted by Gasteiger charge is 2.28. The minimum Gasteiger partial charge on any atom is -0.497 e. The lowest BCUT2D eigenvalue weighted by Gasteiger charge is -2.23. The van der Waals surface area contributed by atoms with E-state index in [0.29, 0.717) is 42.3 Å². The van der Waals surface area contributed by atoms with Crippen molar-refractivity contribution in [1.82, 2.24) is 14.5 Å². The Morgan fingerprint density at radius 1 is 1.17 bits per heavy atom. The van der Waals surface area contributed by atoms with Gasteiger partial charge in [0, 0.05) is 18.7 Å². The van der Waals surface area contributed by atoms with Crippen molar-refractivity contribution in [1.29, 1.82) is 0 Å². The number of amides is 1. The van der Waals surface area contributed by atoms with Gasteiger partial charge in [-0.1, -0.05) is 30.3 Å². The van der Waals surface area contributed by atoms with Crippen LogP contribution in [0.1, 0.15) is 41.4 Å². The van der Waals surface area contributed by atoms with Crippen LogP contribution >= 0.6 is 0 Å². The van der Waals surface area contributed by atoms with Crippen molar-refractivity contribution in [2.45, 2.75) is 49.9 Å². The van der Waals surface area contributed by atoms with Gasteiger partial charge in [-0.25, -0.2) is 13.4 Å². The van der Waals surface area contributed by atoms with Crippen molar-refractivity contribution in [2.75, 3.05) is 20.3 Å². The predicted octanol–water partition coefficient (Wildman–Crippen LogP) is 3.71. The summed E-state index contributed by atoms with van der Waals surface area (Å²) in [6.45, 7) is 3.64. The van der Waals surface area contributed by atoms with Crippen LogP contribution in [0.15, 0.2) is 66.0 Å². The number of hydrogen-bond acceptors (Lipinski definition) is 6. The summed E-state index contributed by atoms with van der Waals surface area (Å²) >= 11 is 0. The number of aromatic nitrogens is 2. The van der Waals surface area contributed by atoms with Gasteiger partial charge < -0.3 is 18.9 Å². The molecule has 1 aliphatic rings. The quantitative estimate of drug-likeness (QED) is 0.424. The van der Waals surface area contributed by atoms with Crippen LogP contribution in [0.3, 0.4) is 0 Å². The maximum absolute atomic E-state index is 13.4. The Labute approximate surface area is 206 Å². The zero-order chi connectivity index (χ0) is 24.8. The van der Waals surface area contributed by atoms with Gasteiger partial charge in [0.15, 0.2) is 0 Å². The van der Waals surface area contributed by atoms with Crippen LogP contribution in [0.25, 0.3) is 0 Å². The molecule has 0 spiro atoms. The summed E-state index contributed by atoms with van der Waals surface area (Å²) in [7, 11) is -2.13. The average molecular weight is 498 g/mol. The van der Waals surface area contributed by atoms with E-state index >= 15 is 0 Å². The molecule has 3 aromatic rings. The molecule has 0 radical (unpaired) electrons. The fourth-order valence-corrected chi connectivity index (χ4v) is 5.75. The minimum absolute atomic E-state index is 0.0137. The summed E-state index contributed by atoms with van der Waals surface area (Å²) in [5.41, 5.74) is 1.90. The molecule has 8 nitrogen and oxygen atoms in total. The molecule has 186 valence electrons. The van der Waals surface area contributed by atoms with E-state index in [1.165, 1.54) is 0 Å². The number of ether oxygens (including phenoxy) is 2. The first kappa shape index (κ1) is 24.9. The first-order valence-electron chi connectivity index (χ1n) is 11.8. The van der Waals surface area contributed by atoms with Crippen LogP contribution < -0.4 is 4.74 Å². The molecule has 2 aromatic carbocycles. The normalized spacial score (nSPS) is 15.8. The largest absolute Gasteiger partial charge is 0.497 e. The number of carbonyl (C=O) groups excluding carboxylic acids is 1. The van der Waals surface area contributed by atoms with E-state index in [9.17, 15) is 13.2 Å². The van der Waals surface area contributed by atoms with Crippen molar-refractivity contribution in [3.63, 3.8) is 0 Å². The topological polar surface area (TPSA) is 90.7 Å². The maximum atomic E-state index is 13.4. The second-order valence-electron chi connectivity index (χ2n) is 8.57. The van der Waals surface area contributed by atoms with Crippen molar-refractivity contribution >= 4 is 15.7 Å². The number of carbonyl (C=O) groups is 1. The predicted molar refractivity (Wildman–Crippen MR) is 132 cm³/mol. The number of nitrogens with zero attached hydrogens (tertiary/aromatic N) is 3. The molecule has 2 heterocycles. The number of methoxy groups -OCH3 is 1. The summed E-state index contributed by atoms with van der Waals surface area (Å²) < 4.78 is 39.4. The second-order valence-corrected chi connectivity index (χ2v) is 10.5. The summed E-state index contributed by atoms with van der Waals surface area (Å²) in [6, 6.07) is 16.0. The standard InChI is InChI=1S/C26H31N3O5S/c1-3-28(25(30)21-11-13-23(33-2)14-12-21)17-22-16-27-26(29(22)18-24-10-7-15-34-24)35(31,32)19-20-8-5-4-6-9-20/h4-6,8-9,11-14,16,24H,3,7,10,15,17-19H2,1-2H3/t24-/m1/s1. The number of imidazole rings is 1. The third kappa shape index (κ3) is 5.91. The first-order chi connectivity index (χ1) is 16.9. The van der Waals surface area contributed by atoms with Gasteiger partial charge in [-0.05, 0) is 49.6 Å². The lowest BCUT2D eigenvalue weighted by Crippen LogP contribution is -2.32. The third-order valence-electron chi connectivity index (χ3n) is 6.15. The molecule has 1 saturated heterocycles. The van der Waals surface area contributed by atoms with Crippen LogP contribution in [-0.4, -0.2) is 55.1 Å². The molecule has 1 aromatic heterocycles. The summed E-state index contributed by atoms with van der Waals surface area (Å²) in [5.74, 6) is 0.388. The van der Waals surface area contributed by atoms with Gasteiger partial charge >= 0.3 is 0 Å². The Morgan fingerprint density at radius 2 is 1.91 bits per heavy atom. The molecule has 1 aliphatic heterocycles. The van der Waals surface area contributed by atoms with Gasteiger partial charge in [0.05, 0.1) is 43.9 Å². The molecule has 0 bridgehead atoms.